The lowest BCUT2D eigenvalue weighted by Gasteiger charge is -2.26. The van der Waals surface area contributed by atoms with Gasteiger partial charge in [0, 0.05) is 56.5 Å². The molecule has 2 amide bonds. The topological polar surface area (TPSA) is 132 Å². The minimum atomic E-state index is -0.622. The number of morpholine rings is 1. The molecule has 0 saturated carbocycles. The van der Waals surface area contributed by atoms with E-state index in [2.05, 4.69) is 30.5 Å². The summed E-state index contributed by atoms with van der Waals surface area (Å²) in [5.41, 5.74) is 3.46. The van der Waals surface area contributed by atoms with E-state index in [1.807, 2.05) is 37.3 Å². The molecular weight excluding hydrogens is 581 g/mol. The summed E-state index contributed by atoms with van der Waals surface area (Å²) in [6.07, 6.45) is 5.55. The summed E-state index contributed by atoms with van der Waals surface area (Å²) in [7, 11) is 1.61. The quantitative estimate of drug-likeness (QED) is 0.271. The third kappa shape index (κ3) is 5.96. The third-order valence-corrected chi connectivity index (χ3v) is 8.39. The highest BCUT2D eigenvalue weighted by Gasteiger charge is 2.40. The van der Waals surface area contributed by atoms with Gasteiger partial charge in [0.15, 0.2) is 0 Å². The molecule has 3 aromatic heterocycles. The van der Waals surface area contributed by atoms with Gasteiger partial charge >= 0.3 is 6.03 Å². The first-order valence-corrected chi connectivity index (χ1v) is 14.9. The van der Waals surface area contributed by atoms with Gasteiger partial charge in [0.05, 0.1) is 37.1 Å². The van der Waals surface area contributed by atoms with Crippen LogP contribution in [0.5, 0.6) is 0 Å². The summed E-state index contributed by atoms with van der Waals surface area (Å²) < 4.78 is 26.6. The predicted octanol–water partition coefficient (Wildman–Crippen LogP) is 3.27. The monoisotopic (exact) mass is 615 g/mol. The van der Waals surface area contributed by atoms with E-state index >= 15 is 0 Å². The lowest BCUT2D eigenvalue weighted by atomic mass is 10.0. The maximum Gasteiger partial charge on any atom is 0.320 e. The van der Waals surface area contributed by atoms with E-state index in [9.17, 15) is 9.18 Å². The Morgan fingerprint density at radius 1 is 1.13 bits per heavy atom. The maximum absolute atomic E-state index is 14.0. The molecule has 234 valence electrons. The van der Waals surface area contributed by atoms with Crippen molar-refractivity contribution in [3.8, 4) is 16.9 Å². The van der Waals surface area contributed by atoms with Gasteiger partial charge in [0.25, 0.3) is 0 Å². The van der Waals surface area contributed by atoms with Crippen LogP contribution < -0.4 is 15.5 Å². The van der Waals surface area contributed by atoms with E-state index in [-0.39, 0.29) is 6.10 Å². The van der Waals surface area contributed by atoms with Crippen molar-refractivity contribution in [3.63, 3.8) is 0 Å². The van der Waals surface area contributed by atoms with Crippen LogP contribution in [0, 0.1) is 12.9 Å². The van der Waals surface area contributed by atoms with Gasteiger partial charge in [-0.1, -0.05) is 18.2 Å². The van der Waals surface area contributed by atoms with Crippen LogP contribution in [0.3, 0.4) is 0 Å². The number of hydrogen-bond donors (Lipinski definition) is 2. The molecule has 4 aromatic rings. The Bertz CT molecular complexity index is 1650. The number of carbonyl (C=O) groups excluding carboxylic acids is 1. The number of benzene rings is 1. The zero-order valence-electron chi connectivity index (χ0n) is 25.0. The highest BCUT2D eigenvalue weighted by molar-refractivity contribution is 5.91. The first kappa shape index (κ1) is 29.2. The van der Waals surface area contributed by atoms with Gasteiger partial charge in [-0.15, -0.1) is 0 Å². The van der Waals surface area contributed by atoms with Crippen LogP contribution in [0.2, 0.25) is 0 Å². The van der Waals surface area contributed by atoms with Gasteiger partial charge in [0.1, 0.15) is 17.6 Å². The van der Waals surface area contributed by atoms with Crippen molar-refractivity contribution in [2.24, 2.45) is 0 Å². The van der Waals surface area contributed by atoms with Crippen molar-refractivity contribution in [2.45, 2.75) is 37.6 Å². The van der Waals surface area contributed by atoms with Crippen LogP contribution in [0.25, 0.3) is 16.9 Å². The number of hydrogen-bond acceptors (Lipinski definition) is 10. The van der Waals surface area contributed by atoms with Crippen molar-refractivity contribution in [3.05, 3.63) is 78.1 Å². The predicted molar refractivity (Wildman–Crippen MR) is 162 cm³/mol. The summed E-state index contributed by atoms with van der Waals surface area (Å²) in [4.78, 5) is 34.8. The number of halogens is 1. The fourth-order valence-electron chi connectivity index (χ4n) is 6.16. The number of fused-ring (bicyclic) bond motifs is 2. The molecule has 0 spiro atoms. The Morgan fingerprint density at radius 3 is 2.67 bits per heavy atom. The molecule has 1 aromatic carbocycles. The van der Waals surface area contributed by atoms with Crippen LogP contribution in [0.15, 0.2) is 61.1 Å². The number of pyridine rings is 1. The van der Waals surface area contributed by atoms with Crippen LogP contribution in [-0.4, -0.2) is 94.0 Å². The Morgan fingerprint density at radius 2 is 1.96 bits per heavy atom. The first-order valence-electron chi connectivity index (χ1n) is 14.9. The zero-order chi connectivity index (χ0) is 30.9. The van der Waals surface area contributed by atoms with Crippen LogP contribution in [-0.2, 0) is 14.3 Å². The molecule has 0 unspecified atom stereocenters. The second-order valence-corrected chi connectivity index (χ2v) is 11.4. The van der Waals surface area contributed by atoms with E-state index in [4.69, 9.17) is 19.4 Å². The number of rotatable bonds is 9. The smallest absolute Gasteiger partial charge is 0.320 e. The van der Waals surface area contributed by atoms with Gasteiger partial charge in [-0.2, -0.15) is 14.6 Å². The van der Waals surface area contributed by atoms with Gasteiger partial charge in [0.2, 0.25) is 11.9 Å². The second kappa shape index (κ2) is 12.5. The molecule has 6 heterocycles. The van der Waals surface area contributed by atoms with Crippen LogP contribution in [0.4, 0.5) is 21.0 Å². The van der Waals surface area contributed by atoms with Crippen molar-refractivity contribution in [1.82, 2.24) is 35.1 Å². The summed E-state index contributed by atoms with van der Waals surface area (Å²) in [6.45, 7) is 4.69. The number of nitrogens with zero attached hydrogens (tertiary/aromatic N) is 7. The summed E-state index contributed by atoms with van der Waals surface area (Å²) in [6, 6.07) is 11.9. The molecule has 3 aliphatic rings. The van der Waals surface area contributed by atoms with Crippen molar-refractivity contribution >= 4 is 17.8 Å². The Labute approximate surface area is 259 Å². The molecule has 13 nitrogen and oxygen atoms in total. The van der Waals surface area contributed by atoms with E-state index in [1.165, 1.54) is 12.3 Å². The van der Waals surface area contributed by atoms with E-state index in [1.54, 1.807) is 35.3 Å². The number of nitrogens with one attached hydrogen (secondary N) is 2. The molecule has 2 bridgehead atoms. The maximum atomic E-state index is 14.0. The average molecular weight is 616 g/mol. The van der Waals surface area contributed by atoms with Gasteiger partial charge < -0.3 is 19.7 Å². The standard InChI is InChI=1S/C31H34FN9O4/c1-19-27(21-14-34-30(35-15-21)40-16-24-13-23(40)18-44-24)38-41(22-6-4-3-5-7-22)29(19)37-31(42)36-25-17-39(10-11-43-2)45-28(25)20-8-9-33-26(32)12-20/h3-9,12,14-15,23-25,28H,10-11,13,16-18H2,1-2H3,(H2,36,37,42)/t23-,24-,25-,28+/m1/s1. The summed E-state index contributed by atoms with van der Waals surface area (Å²) >= 11 is 0. The number of anilines is 2. The molecule has 7 rings (SSSR count). The second-order valence-electron chi connectivity index (χ2n) is 11.4. The lowest BCUT2D eigenvalue weighted by Crippen LogP contribution is -2.42. The fraction of sp³-hybridized carbons (Fsp3) is 0.387. The largest absolute Gasteiger partial charge is 0.383 e. The SMILES string of the molecule is COCCN1C[C@@H](NC(=O)Nc2c(C)c(-c3cnc(N4C[C@H]5C[C@@H]4CO5)nc3)nn2-c2ccccc2)[C@H](c2ccnc(F)c2)O1. The number of para-hydroxylation sites is 1. The third-order valence-electron chi connectivity index (χ3n) is 8.39. The Hall–Kier alpha value is -4.50. The molecule has 0 radical (unpaired) electrons. The molecule has 2 N–H and O–H groups in total. The summed E-state index contributed by atoms with van der Waals surface area (Å²) in [5, 5.41) is 12.6. The lowest BCUT2D eigenvalue weighted by molar-refractivity contribution is -0.154. The zero-order valence-corrected chi connectivity index (χ0v) is 25.0. The number of urea groups is 1. The number of aromatic nitrogens is 5. The van der Waals surface area contributed by atoms with Crippen LogP contribution >= 0.6 is 0 Å². The van der Waals surface area contributed by atoms with Crippen molar-refractivity contribution < 1.29 is 23.5 Å². The highest BCUT2D eigenvalue weighted by atomic mass is 19.1. The molecule has 0 aliphatic carbocycles. The molecule has 3 fully saturated rings. The molecule has 4 atom stereocenters. The molecule has 3 aliphatic heterocycles. The Kier molecular flexibility index (Phi) is 8.10. The van der Waals surface area contributed by atoms with Gasteiger partial charge in [-0.3, -0.25) is 10.2 Å². The van der Waals surface area contributed by atoms with E-state index in [0.29, 0.717) is 55.4 Å². The van der Waals surface area contributed by atoms with E-state index < -0.39 is 24.1 Å². The van der Waals surface area contributed by atoms with Crippen LogP contribution in [0.1, 0.15) is 23.7 Å². The highest BCUT2D eigenvalue weighted by Crippen LogP contribution is 2.34. The Balaban J connectivity index is 1.14. The molecule has 14 heteroatoms. The molecular formula is C31H34FN9O4. The minimum Gasteiger partial charge on any atom is -0.383 e. The molecule has 45 heavy (non-hydrogen) atoms. The number of ether oxygens (including phenoxy) is 2. The molecule has 3 saturated heterocycles. The van der Waals surface area contributed by atoms with Crippen molar-refractivity contribution in [2.75, 3.05) is 50.2 Å². The normalized spacial score (nSPS) is 22.7. The number of amides is 2. The average Bonchev–Trinajstić information content (AvgIpc) is 3.85. The number of hydroxylamine groups is 2. The number of methoxy groups -OCH3 is 1. The fourth-order valence-corrected chi connectivity index (χ4v) is 6.16. The van der Waals surface area contributed by atoms with Crippen molar-refractivity contribution in [1.29, 1.82) is 0 Å². The summed E-state index contributed by atoms with van der Waals surface area (Å²) in [5.74, 6) is 0.547. The van der Waals surface area contributed by atoms with E-state index in [0.717, 1.165) is 29.8 Å². The van der Waals surface area contributed by atoms with Gasteiger partial charge in [-0.05, 0) is 43.2 Å². The number of carbonyl (C=O) groups is 1. The van der Waals surface area contributed by atoms with Gasteiger partial charge in [-0.25, -0.2) is 24.4 Å². The first-order chi connectivity index (χ1) is 22.0. The minimum absolute atomic E-state index is 0.243.